The first-order chi connectivity index (χ1) is 17.0. The summed E-state index contributed by atoms with van der Waals surface area (Å²) in [5.74, 6) is 0.893. The van der Waals surface area contributed by atoms with Crippen LogP contribution in [0.25, 0.3) is 0 Å². The Kier molecular flexibility index (Phi) is 6.72. The number of carbonyl (C=O) groups is 1. The molecule has 1 fully saturated rings. The van der Waals surface area contributed by atoms with Gasteiger partial charge in [-0.05, 0) is 42.0 Å². The lowest BCUT2D eigenvalue weighted by Crippen LogP contribution is -2.48. The van der Waals surface area contributed by atoms with Crippen LogP contribution < -0.4 is 14.8 Å². The fourth-order valence-electron chi connectivity index (χ4n) is 4.22. The van der Waals surface area contributed by atoms with Gasteiger partial charge in [0.15, 0.2) is 11.5 Å². The second-order valence-corrected chi connectivity index (χ2v) is 10.4. The summed E-state index contributed by atoms with van der Waals surface area (Å²) in [4.78, 5) is 15.1. The van der Waals surface area contributed by atoms with Crippen LogP contribution in [0, 0.1) is 0 Å². The second kappa shape index (κ2) is 10.1. The molecule has 8 nitrogen and oxygen atoms in total. The van der Waals surface area contributed by atoms with Crippen LogP contribution in [0.4, 0.5) is 5.69 Å². The average molecular weight is 494 g/mol. The van der Waals surface area contributed by atoms with E-state index in [0.717, 1.165) is 6.54 Å². The summed E-state index contributed by atoms with van der Waals surface area (Å²) >= 11 is 0. The highest BCUT2D eigenvalue weighted by Gasteiger charge is 2.28. The van der Waals surface area contributed by atoms with Crippen molar-refractivity contribution in [2.24, 2.45) is 0 Å². The number of hydrogen-bond acceptors (Lipinski definition) is 6. The van der Waals surface area contributed by atoms with Gasteiger partial charge in [-0.15, -0.1) is 0 Å². The van der Waals surface area contributed by atoms with E-state index in [9.17, 15) is 13.2 Å². The molecule has 0 atom stereocenters. The lowest BCUT2D eigenvalue weighted by Gasteiger charge is -2.34. The third kappa shape index (κ3) is 5.32. The zero-order chi connectivity index (χ0) is 24.3. The summed E-state index contributed by atoms with van der Waals surface area (Å²) in [7, 11) is -3.63. The van der Waals surface area contributed by atoms with Gasteiger partial charge in [0.1, 0.15) is 13.2 Å². The maximum atomic E-state index is 13.1. The number of benzene rings is 3. The Balaban J connectivity index is 1.20. The van der Waals surface area contributed by atoms with E-state index in [2.05, 4.69) is 22.3 Å². The molecule has 0 radical (unpaired) electrons. The van der Waals surface area contributed by atoms with Gasteiger partial charge in [-0.2, -0.15) is 4.31 Å². The summed E-state index contributed by atoms with van der Waals surface area (Å²) in [5, 5.41) is 2.81. The number of piperazine rings is 1. The van der Waals surface area contributed by atoms with E-state index >= 15 is 0 Å². The van der Waals surface area contributed by atoms with E-state index < -0.39 is 10.0 Å². The lowest BCUT2D eigenvalue weighted by molar-refractivity contribution is 0.102. The summed E-state index contributed by atoms with van der Waals surface area (Å²) in [6.45, 7) is 3.97. The zero-order valence-corrected chi connectivity index (χ0v) is 20.0. The van der Waals surface area contributed by atoms with E-state index in [1.807, 2.05) is 18.2 Å². The van der Waals surface area contributed by atoms with Crippen LogP contribution in [0.3, 0.4) is 0 Å². The largest absolute Gasteiger partial charge is 0.486 e. The van der Waals surface area contributed by atoms with Crippen LogP contribution in [0.5, 0.6) is 11.5 Å². The number of amides is 1. The molecule has 9 heteroatoms. The van der Waals surface area contributed by atoms with E-state index in [1.54, 1.807) is 18.2 Å². The first-order valence-corrected chi connectivity index (χ1v) is 13.0. The maximum absolute atomic E-state index is 13.1. The molecule has 1 saturated heterocycles. The molecule has 2 aliphatic rings. The highest BCUT2D eigenvalue weighted by molar-refractivity contribution is 7.89. The van der Waals surface area contributed by atoms with Gasteiger partial charge in [0, 0.05) is 50.0 Å². The molecule has 1 amide bonds. The highest BCUT2D eigenvalue weighted by Crippen LogP contribution is 2.32. The van der Waals surface area contributed by atoms with Crippen molar-refractivity contribution in [1.29, 1.82) is 0 Å². The van der Waals surface area contributed by atoms with Crippen molar-refractivity contribution in [2.45, 2.75) is 11.4 Å². The smallest absolute Gasteiger partial charge is 0.255 e. The van der Waals surface area contributed by atoms with Crippen molar-refractivity contribution < 1.29 is 22.7 Å². The number of nitrogens with one attached hydrogen (secondary N) is 1. The fraction of sp³-hybridized carbons (Fsp3) is 0.269. The fourth-order valence-corrected chi connectivity index (χ4v) is 5.64. The summed E-state index contributed by atoms with van der Waals surface area (Å²) in [6, 6.07) is 21.4. The Hall–Kier alpha value is -3.40. The standard InChI is InChI=1S/C26H27N3O5S/c30-26(27-22-8-11-24-25(18-22)34-17-16-33-24)21-6-9-23(10-7-21)35(31,32)29-14-12-28(13-15-29)19-20-4-2-1-3-5-20/h1-11,18H,12-17,19H2,(H,27,30). The maximum Gasteiger partial charge on any atom is 0.255 e. The van der Waals surface area contributed by atoms with E-state index in [0.29, 0.717) is 62.1 Å². The summed E-state index contributed by atoms with van der Waals surface area (Å²) in [5.41, 5.74) is 2.16. The monoisotopic (exact) mass is 493 g/mol. The van der Waals surface area contributed by atoms with Crippen LogP contribution in [0.1, 0.15) is 15.9 Å². The van der Waals surface area contributed by atoms with Gasteiger partial charge >= 0.3 is 0 Å². The van der Waals surface area contributed by atoms with E-state index in [4.69, 9.17) is 9.47 Å². The molecule has 0 aromatic heterocycles. The van der Waals surface area contributed by atoms with Gasteiger partial charge in [0.25, 0.3) is 5.91 Å². The van der Waals surface area contributed by atoms with Gasteiger partial charge in [-0.1, -0.05) is 30.3 Å². The van der Waals surface area contributed by atoms with Crippen molar-refractivity contribution in [2.75, 3.05) is 44.7 Å². The number of nitrogens with zero attached hydrogens (tertiary/aromatic N) is 2. The van der Waals surface area contributed by atoms with Gasteiger partial charge < -0.3 is 14.8 Å². The van der Waals surface area contributed by atoms with Gasteiger partial charge in [-0.25, -0.2) is 8.42 Å². The number of hydrogen-bond donors (Lipinski definition) is 1. The second-order valence-electron chi connectivity index (χ2n) is 8.50. The Morgan fingerprint density at radius 3 is 2.23 bits per heavy atom. The molecule has 2 aliphatic heterocycles. The average Bonchev–Trinajstić information content (AvgIpc) is 2.89. The molecule has 0 bridgehead atoms. The minimum absolute atomic E-state index is 0.185. The molecule has 3 aromatic carbocycles. The third-order valence-corrected chi connectivity index (χ3v) is 8.05. The predicted molar refractivity (Wildman–Crippen MR) is 132 cm³/mol. The minimum Gasteiger partial charge on any atom is -0.486 e. The van der Waals surface area contributed by atoms with E-state index in [1.165, 1.54) is 34.1 Å². The number of rotatable bonds is 6. The molecule has 3 aromatic rings. The molecule has 0 saturated carbocycles. The highest BCUT2D eigenvalue weighted by atomic mass is 32.2. The molecule has 5 rings (SSSR count). The molecule has 0 unspecified atom stereocenters. The number of anilines is 1. The van der Waals surface area contributed by atoms with Gasteiger partial charge in [0.2, 0.25) is 10.0 Å². The zero-order valence-electron chi connectivity index (χ0n) is 19.2. The van der Waals surface area contributed by atoms with Crippen LogP contribution in [-0.2, 0) is 16.6 Å². The Morgan fingerprint density at radius 2 is 1.51 bits per heavy atom. The topological polar surface area (TPSA) is 88.2 Å². The van der Waals surface area contributed by atoms with Crippen LogP contribution >= 0.6 is 0 Å². The Morgan fingerprint density at radius 1 is 0.829 bits per heavy atom. The summed E-state index contributed by atoms with van der Waals surface area (Å²) < 4.78 is 38.8. The van der Waals surface area contributed by atoms with Crippen molar-refractivity contribution >= 4 is 21.6 Å². The number of carbonyl (C=O) groups excluding carboxylic acids is 1. The number of fused-ring (bicyclic) bond motifs is 1. The normalized spacial score (nSPS) is 16.6. The molecule has 0 aliphatic carbocycles. The lowest BCUT2D eigenvalue weighted by atomic mass is 10.2. The van der Waals surface area contributed by atoms with Crippen LogP contribution in [0.15, 0.2) is 77.7 Å². The first kappa shape index (κ1) is 23.3. The molecule has 35 heavy (non-hydrogen) atoms. The third-order valence-electron chi connectivity index (χ3n) is 6.13. The summed E-state index contributed by atoms with van der Waals surface area (Å²) in [6.07, 6.45) is 0. The van der Waals surface area contributed by atoms with Crippen molar-refractivity contribution in [3.8, 4) is 11.5 Å². The molecular weight excluding hydrogens is 466 g/mol. The molecule has 2 heterocycles. The van der Waals surface area contributed by atoms with E-state index in [-0.39, 0.29) is 10.8 Å². The number of sulfonamides is 1. The minimum atomic E-state index is -3.63. The van der Waals surface area contributed by atoms with Crippen molar-refractivity contribution in [1.82, 2.24) is 9.21 Å². The molecule has 1 N–H and O–H groups in total. The number of ether oxygens (including phenoxy) is 2. The molecule has 182 valence electrons. The van der Waals surface area contributed by atoms with Gasteiger partial charge in [0.05, 0.1) is 4.90 Å². The van der Waals surface area contributed by atoms with Crippen molar-refractivity contribution in [3.05, 3.63) is 83.9 Å². The first-order valence-electron chi connectivity index (χ1n) is 11.6. The van der Waals surface area contributed by atoms with Gasteiger partial charge in [-0.3, -0.25) is 9.69 Å². The van der Waals surface area contributed by atoms with Crippen LogP contribution in [-0.4, -0.2) is 62.9 Å². The van der Waals surface area contributed by atoms with Crippen molar-refractivity contribution in [3.63, 3.8) is 0 Å². The Labute approximate surface area is 205 Å². The molecule has 0 spiro atoms. The SMILES string of the molecule is O=C(Nc1ccc2c(c1)OCCO2)c1ccc(S(=O)(=O)N2CCN(Cc3ccccc3)CC2)cc1. The predicted octanol–water partition coefficient (Wildman–Crippen LogP) is 3.22. The molecular formula is C26H27N3O5S. The quantitative estimate of drug-likeness (QED) is 0.567. The van der Waals surface area contributed by atoms with Crippen LogP contribution in [0.2, 0.25) is 0 Å². The Bertz CT molecular complexity index is 1290.